The fraction of sp³-hybridized carbons (Fsp3) is 0.200. The molecule has 0 bridgehead atoms. The smallest absolute Gasteiger partial charge is 0.252 e. The molecule has 0 unspecified atom stereocenters. The molecule has 1 amide bonds. The summed E-state index contributed by atoms with van der Waals surface area (Å²) in [5.74, 6) is 0.947. The van der Waals surface area contributed by atoms with E-state index in [1.165, 1.54) is 14.2 Å². The standard InChI is InChI=1S/C20H19NO6/c1-11(6-12-4-5-15(24-2)14(7-12)20(21)23)18(22)13-8-16(25-3)19-17(9-13)26-10-27-19/h4-9H,10H2,1-3H3,(H2,21,23). The number of carbonyl (C=O) groups excluding carboxylic acids is 2. The van der Waals surface area contributed by atoms with Crippen molar-refractivity contribution in [3.8, 4) is 23.0 Å². The van der Waals surface area contributed by atoms with Crippen LogP contribution in [0.25, 0.3) is 6.08 Å². The molecule has 0 saturated carbocycles. The van der Waals surface area contributed by atoms with Gasteiger partial charge in [-0.25, -0.2) is 0 Å². The molecule has 2 aromatic rings. The van der Waals surface area contributed by atoms with Crippen molar-refractivity contribution in [3.05, 3.63) is 52.6 Å². The SMILES string of the molecule is COc1ccc(C=C(C)C(=O)c2cc(OC)c3c(c2)OCO3)cc1C(N)=O. The predicted molar refractivity (Wildman–Crippen MR) is 98.6 cm³/mol. The maximum Gasteiger partial charge on any atom is 0.252 e. The first-order valence-electron chi connectivity index (χ1n) is 8.13. The minimum Gasteiger partial charge on any atom is -0.496 e. The van der Waals surface area contributed by atoms with Gasteiger partial charge in [-0.2, -0.15) is 0 Å². The number of carbonyl (C=O) groups is 2. The minimum absolute atomic E-state index is 0.0832. The van der Waals surface area contributed by atoms with Gasteiger partial charge >= 0.3 is 0 Å². The molecule has 1 aliphatic rings. The number of amides is 1. The van der Waals surface area contributed by atoms with Crippen molar-refractivity contribution >= 4 is 17.8 Å². The van der Waals surface area contributed by atoms with Crippen molar-refractivity contribution in [1.29, 1.82) is 0 Å². The molecule has 0 spiro atoms. The Bertz CT molecular complexity index is 948. The number of fused-ring (bicyclic) bond motifs is 1. The zero-order chi connectivity index (χ0) is 19.6. The number of benzene rings is 2. The Balaban J connectivity index is 1.94. The number of Topliss-reactive ketones (excluding diaryl/α,β-unsaturated/α-hetero) is 1. The summed E-state index contributed by atoms with van der Waals surface area (Å²) in [5.41, 5.74) is 7.16. The quantitative estimate of drug-likeness (QED) is 0.621. The monoisotopic (exact) mass is 369 g/mol. The lowest BCUT2D eigenvalue weighted by Gasteiger charge is -2.09. The van der Waals surface area contributed by atoms with Crippen LogP contribution in [0.3, 0.4) is 0 Å². The number of hydrogen-bond donors (Lipinski definition) is 1. The van der Waals surface area contributed by atoms with E-state index in [0.29, 0.717) is 39.7 Å². The first-order chi connectivity index (χ1) is 12.9. The Labute approximate surface area is 156 Å². The van der Waals surface area contributed by atoms with Crippen LogP contribution in [0.5, 0.6) is 23.0 Å². The van der Waals surface area contributed by atoms with Crippen LogP contribution in [0.2, 0.25) is 0 Å². The third-order valence-corrected chi connectivity index (χ3v) is 4.15. The number of primary amides is 1. The highest BCUT2D eigenvalue weighted by molar-refractivity contribution is 6.11. The molecule has 140 valence electrons. The van der Waals surface area contributed by atoms with Gasteiger partial charge in [0, 0.05) is 5.56 Å². The molecular formula is C20H19NO6. The highest BCUT2D eigenvalue weighted by Crippen LogP contribution is 2.42. The summed E-state index contributed by atoms with van der Waals surface area (Å²) < 4.78 is 21.1. The first-order valence-corrected chi connectivity index (χ1v) is 8.13. The van der Waals surface area contributed by atoms with Gasteiger partial charge in [0.15, 0.2) is 17.3 Å². The van der Waals surface area contributed by atoms with E-state index < -0.39 is 5.91 Å². The highest BCUT2D eigenvalue weighted by atomic mass is 16.7. The summed E-state index contributed by atoms with van der Waals surface area (Å²) in [7, 11) is 2.95. The lowest BCUT2D eigenvalue weighted by Crippen LogP contribution is -2.12. The normalized spacial score (nSPS) is 12.6. The van der Waals surface area contributed by atoms with Crippen LogP contribution in [0.15, 0.2) is 35.9 Å². The summed E-state index contributed by atoms with van der Waals surface area (Å²) >= 11 is 0. The molecule has 7 heteroatoms. The van der Waals surface area contributed by atoms with Crippen LogP contribution >= 0.6 is 0 Å². The maximum atomic E-state index is 12.8. The summed E-state index contributed by atoms with van der Waals surface area (Å²) in [6, 6.07) is 8.18. The number of allylic oxidation sites excluding steroid dienone is 1. The van der Waals surface area contributed by atoms with Gasteiger partial charge in [0.1, 0.15) is 5.75 Å². The van der Waals surface area contributed by atoms with Crippen LogP contribution in [-0.4, -0.2) is 32.7 Å². The number of nitrogens with two attached hydrogens (primary N) is 1. The van der Waals surface area contributed by atoms with Crippen molar-refractivity contribution in [2.45, 2.75) is 6.92 Å². The van der Waals surface area contributed by atoms with Gasteiger partial charge in [-0.05, 0) is 48.4 Å². The molecule has 2 N–H and O–H groups in total. The largest absolute Gasteiger partial charge is 0.496 e. The van der Waals surface area contributed by atoms with Crippen LogP contribution in [-0.2, 0) is 0 Å². The van der Waals surface area contributed by atoms with Crippen molar-refractivity contribution in [2.24, 2.45) is 5.73 Å². The van der Waals surface area contributed by atoms with Gasteiger partial charge in [0.2, 0.25) is 12.5 Å². The maximum absolute atomic E-state index is 12.8. The fourth-order valence-corrected chi connectivity index (χ4v) is 2.81. The topological polar surface area (TPSA) is 97.1 Å². The molecule has 1 aliphatic heterocycles. The lowest BCUT2D eigenvalue weighted by molar-refractivity contribution is 0.0995. The van der Waals surface area contributed by atoms with E-state index in [9.17, 15) is 9.59 Å². The average Bonchev–Trinajstić information content (AvgIpc) is 3.15. The molecule has 2 aromatic carbocycles. The Morgan fingerprint density at radius 2 is 1.81 bits per heavy atom. The Morgan fingerprint density at radius 1 is 1.07 bits per heavy atom. The predicted octanol–water partition coefficient (Wildman–Crippen LogP) is 2.82. The second kappa shape index (κ2) is 7.41. The Hall–Kier alpha value is -3.48. The molecule has 0 saturated heterocycles. The molecule has 27 heavy (non-hydrogen) atoms. The minimum atomic E-state index is -0.605. The van der Waals surface area contributed by atoms with E-state index >= 15 is 0 Å². The second-order valence-electron chi connectivity index (χ2n) is 5.89. The summed E-state index contributed by atoms with van der Waals surface area (Å²) in [6.07, 6.45) is 1.67. The van der Waals surface area contributed by atoms with E-state index in [4.69, 9.17) is 24.7 Å². The average molecular weight is 369 g/mol. The zero-order valence-electron chi connectivity index (χ0n) is 15.2. The summed E-state index contributed by atoms with van der Waals surface area (Å²) in [6.45, 7) is 1.77. The van der Waals surface area contributed by atoms with E-state index in [1.807, 2.05) is 0 Å². The molecule has 1 heterocycles. The third kappa shape index (κ3) is 3.57. The van der Waals surface area contributed by atoms with Crippen molar-refractivity contribution in [3.63, 3.8) is 0 Å². The number of ketones is 1. The molecule has 0 radical (unpaired) electrons. The Morgan fingerprint density at radius 3 is 2.48 bits per heavy atom. The molecule has 3 rings (SSSR count). The van der Waals surface area contributed by atoms with Gasteiger partial charge < -0.3 is 24.7 Å². The van der Waals surface area contributed by atoms with E-state index in [1.54, 1.807) is 43.3 Å². The van der Waals surface area contributed by atoms with Crippen LogP contribution < -0.4 is 24.7 Å². The second-order valence-corrected chi connectivity index (χ2v) is 5.89. The summed E-state index contributed by atoms with van der Waals surface area (Å²) in [5, 5.41) is 0. The summed E-state index contributed by atoms with van der Waals surface area (Å²) in [4.78, 5) is 24.4. The van der Waals surface area contributed by atoms with E-state index in [0.717, 1.165) is 0 Å². The van der Waals surface area contributed by atoms with Crippen molar-refractivity contribution < 1.29 is 28.5 Å². The van der Waals surface area contributed by atoms with E-state index in [2.05, 4.69) is 0 Å². The molecule has 7 nitrogen and oxygen atoms in total. The number of rotatable bonds is 6. The van der Waals surface area contributed by atoms with Gasteiger partial charge in [-0.1, -0.05) is 6.07 Å². The number of ether oxygens (including phenoxy) is 4. The van der Waals surface area contributed by atoms with Crippen LogP contribution in [0, 0.1) is 0 Å². The van der Waals surface area contributed by atoms with Crippen molar-refractivity contribution in [1.82, 2.24) is 0 Å². The highest BCUT2D eigenvalue weighted by Gasteiger charge is 2.22. The molecule has 0 fully saturated rings. The zero-order valence-corrected chi connectivity index (χ0v) is 15.2. The molecule has 0 aromatic heterocycles. The first kappa shape index (κ1) is 18.3. The van der Waals surface area contributed by atoms with Gasteiger partial charge in [-0.15, -0.1) is 0 Å². The van der Waals surface area contributed by atoms with Crippen LogP contribution in [0.4, 0.5) is 0 Å². The molecule has 0 atom stereocenters. The number of methoxy groups -OCH3 is 2. The molecule has 0 aliphatic carbocycles. The van der Waals surface area contributed by atoms with Gasteiger partial charge in [0.25, 0.3) is 5.91 Å². The van der Waals surface area contributed by atoms with Crippen LogP contribution in [0.1, 0.15) is 33.2 Å². The van der Waals surface area contributed by atoms with Gasteiger partial charge in [0.05, 0.1) is 19.8 Å². The number of hydrogen-bond acceptors (Lipinski definition) is 6. The lowest BCUT2D eigenvalue weighted by atomic mass is 10.0. The van der Waals surface area contributed by atoms with Gasteiger partial charge in [-0.3, -0.25) is 9.59 Å². The molecular weight excluding hydrogens is 350 g/mol. The fourth-order valence-electron chi connectivity index (χ4n) is 2.81. The third-order valence-electron chi connectivity index (χ3n) is 4.15. The van der Waals surface area contributed by atoms with E-state index in [-0.39, 0.29) is 18.1 Å². The van der Waals surface area contributed by atoms with Crippen molar-refractivity contribution in [2.75, 3.05) is 21.0 Å². The Kier molecular flexibility index (Phi) is 5.03.